The molecule has 4 aromatic rings. The van der Waals surface area contributed by atoms with Crippen LogP contribution in [0.2, 0.25) is 5.02 Å². The van der Waals surface area contributed by atoms with Crippen molar-refractivity contribution in [1.29, 1.82) is 0 Å². The van der Waals surface area contributed by atoms with Gasteiger partial charge in [0.05, 0.1) is 19.0 Å². The summed E-state index contributed by atoms with van der Waals surface area (Å²) < 4.78 is 11.3. The van der Waals surface area contributed by atoms with Gasteiger partial charge >= 0.3 is 0 Å². The van der Waals surface area contributed by atoms with Crippen LogP contribution in [0.5, 0.6) is 11.5 Å². The van der Waals surface area contributed by atoms with Gasteiger partial charge < -0.3 is 19.6 Å². The molecule has 1 unspecified atom stereocenters. The van der Waals surface area contributed by atoms with Crippen LogP contribution in [0.15, 0.2) is 58.7 Å². The standard InChI is InChI=1S/C29H32ClN3O4S/c1-36-25-10-6-5-9-23(25)24-18-38-29-27(24)28(35)31-26(32-29)16-33(20-7-3-2-4-8-20)15-21(34)17-37-22-13-11-19(30)12-14-22/h5-6,9-14,18,20-21,34H,2-4,7-8,15-17H2,1H3,(H,31,32,35). The van der Waals surface area contributed by atoms with Crippen molar-refractivity contribution in [2.75, 3.05) is 20.3 Å². The van der Waals surface area contributed by atoms with Crippen LogP contribution in [-0.2, 0) is 6.54 Å². The number of methoxy groups -OCH3 is 1. The van der Waals surface area contributed by atoms with Crippen molar-refractivity contribution in [3.63, 3.8) is 0 Å². The van der Waals surface area contributed by atoms with Gasteiger partial charge in [-0.25, -0.2) is 4.98 Å². The molecule has 0 bridgehead atoms. The maximum atomic E-state index is 13.3. The minimum Gasteiger partial charge on any atom is -0.496 e. The lowest BCUT2D eigenvalue weighted by molar-refractivity contribution is 0.0387. The number of hydrogen-bond donors (Lipinski definition) is 2. The van der Waals surface area contributed by atoms with Crippen LogP contribution >= 0.6 is 22.9 Å². The van der Waals surface area contributed by atoms with Gasteiger partial charge in [0.25, 0.3) is 5.56 Å². The number of thiophene rings is 1. The van der Waals surface area contributed by atoms with E-state index >= 15 is 0 Å². The molecule has 1 atom stereocenters. The normalized spacial score (nSPS) is 15.2. The van der Waals surface area contributed by atoms with E-state index in [2.05, 4.69) is 9.88 Å². The number of hydrogen-bond acceptors (Lipinski definition) is 7. The third-order valence-corrected chi connectivity index (χ3v) is 8.16. The number of benzene rings is 2. The molecular weight excluding hydrogens is 522 g/mol. The van der Waals surface area contributed by atoms with Gasteiger partial charge in [-0.1, -0.05) is 49.1 Å². The minimum absolute atomic E-state index is 0.164. The fourth-order valence-corrected chi connectivity index (χ4v) is 6.25. The number of nitrogens with zero attached hydrogens (tertiary/aromatic N) is 2. The molecule has 2 aromatic heterocycles. The summed E-state index contributed by atoms with van der Waals surface area (Å²) >= 11 is 7.41. The summed E-state index contributed by atoms with van der Waals surface area (Å²) in [7, 11) is 1.63. The second-order valence-corrected chi connectivity index (χ2v) is 11.0. The molecule has 200 valence electrons. The van der Waals surface area contributed by atoms with Crippen LogP contribution < -0.4 is 15.0 Å². The second-order valence-electron chi connectivity index (χ2n) is 9.68. The topological polar surface area (TPSA) is 87.7 Å². The summed E-state index contributed by atoms with van der Waals surface area (Å²) in [6.07, 6.45) is 4.99. The van der Waals surface area contributed by atoms with E-state index in [1.165, 1.54) is 17.8 Å². The first-order valence-corrected chi connectivity index (χ1v) is 14.2. The summed E-state index contributed by atoms with van der Waals surface area (Å²) in [6.45, 7) is 1.05. The van der Waals surface area contributed by atoms with Crippen LogP contribution in [0.3, 0.4) is 0 Å². The molecule has 1 saturated carbocycles. The number of nitrogens with one attached hydrogen (secondary N) is 1. The zero-order valence-corrected chi connectivity index (χ0v) is 22.9. The SMILES string of the molecule is COc1ccccc1-c1csc2nc(CN(CC(O)COc3ccc(Cl)cc3)C3CCCCC3)[nH]c(=O)c12. The van der Waals surface area contributed by atoms with Gasteiger partial charge in [0.15, 0.2) is 0 Å². The van der Waals surface area contributed by atoms with Crippen molar-refractivity contribution in [1.82, 2.24) is 14.9 Å². The Labute approximate surface area is 231 Å². The summed E-state index contributed by atoms with van der Waals surface area (Å²) in [6, 6.07) is 15.1. The van der Waals surface area contributed by atoms with E-state index in [-0.39, 0.29) is 12.2 Å². The number of halogens is 1. The van der Waals surface area contributed by atoms with Crippen LogP contribution in [0.1, 0.15) is 37.9 Å². The van der Waals surface area contributed by atoms with Crippen molar-refractivity contribution in [3.05, 3.63) is 75.1 Å². The lowest BCUT2D eigenvalue weighted by atomic mass is 9.94. The number of H-pyrrole nitrogens is 1. The monoisotopic (exact) mass is 553 g/mol. The van der Waals surface area contributed by atoms with Crippen molar-refractivity contribution >= 4 is 33.2 Å². The molecule has 0 amide bonds. The lowest BCUT2D eigenvalue weighted by Gasteiger charge is -2.35. The second kappa shape index (κ2) is 12.3. The molecule has 38 heavy (non-hydrogen) atoms. The molecule has 5 rings (SSSR count). The van der Waals surface area contributed by atoms with Crippen molar-refractivity contribution in [3.8, 4) is 22.6 Å². The molecule has 7 nitrogen and oxygen atoms in total. The molecule has 1 fully saturated rings. The van der Waals surface area contributed by atoms with E-state index in [1.807, 2.05) is 29.6 Å². The Hall–Kier alpha value is -2.91. The molecule has 0 spiro atoms. The third kappa shape index (κ3) is 6.21. The van der Waals surface area contributed by atoms with Crippen molar-refractivity contribution in [2.45, 2.75) is 50.8 Å². The fourth-order valence-electron chi connectivity index (χ4n) is 5.16. The van der Waals surface area contributed by atoms with Gasteiger partial charge in [-0.15, -0.1) is 11.3 Å². The number of fused-ring (bicyclic) bond motifs is 1. The summed E-state index contributed by atoms with van der Waals surface area (Å²) in [5.41, 5.74) is 1.53. The van der Waals surface area contributed by atoms with Gasteiger partial charge in [-0.05, 0) is 43.2 Å². The van der Waals surface area contributed by atoms with Crippen LogP contribution in [0, 0.1) is 0 Å². The Bertz CT molecular complexity index is 1420. The smallest absolute Gasteiger partial charge is 0.260 e. The molecule has 0 radical (unpaired) electrons. The van der Waals surface area contributed by atoms with E-state index in [0.717, 1.165) is 36.8 Å². The van der Waals surface area contributed by atoms with Crippen LogP contribution in [-0.4, -0.2) is 52.4 Å². The van der Waals surface area contributed by atoms with Gasteiger partial charge in [-0.2, -0.15) is 0 Å². The Morgan fingerprint density at radius 2 is 1.89 bits per heavy atom. The third-order valence-electron chi connectivity index (χ3n) is 7.04. The molecule has 1 aliphatic rings. The Morgan fingerprint density at radius 3 is 2.66 bits per heavy atom. The van der Waals surface area contributed by atoms with Crippen molar-refractivity contribution < 1.29 is 14.6 Å². The van der Waals surface area contributed by atoms with Gasteiger partial charge in [0, 0.05) is 34.1 Å². The summed E-state index contributed by atoms with van der Waals surface area (Å²) in [5.74, 6) is 1.99. The first-order valence-electron chi connectivity index (χ1n) is 13.0. The van der Waals surface area contributed by atoms with E-state index in [9.17, 15) is 9.90 Å². The zero-order valence-electron chi connectivity index (χ0n) is 21.4. The molecule has 1 aliphatic carbocycles. The largest absolute Gasteiger partial charge is 0.496 e. The zero-order chi connectivity index (χ0) is 26.5. The van der Waals surface area contributed by atoms with E-state index < -0.39 is 6.10 Å². The highest BCUT2D eigenvalue weighted by atomic mass is 35.5. The minimum atomic E-state index is -0.693. The average molecular weight is 554 g/mol. The van der Waals surface area contributed by atoms with Crippen molar-refractivity contribution in [2.24, 2.45) is 0 Å². The quantitative estimate of drug-likeness (QED) is 0.255. The van der Waals surface area contributed by atoms with E-state index in [1.54, 1.807) is 31.4 Å². The maximum Gasteiger partial charge on any atom is 0.260 e. The van der Waals surface area contributed by atoms with Gasteiger partial charge in [-0.3, -0.25) is 9.69 Å². The Kier molecular flexibility index (Phi) is 8.64. The first kappa shape index (κ1) is 26.7. The first-order chi connectivity index (χ1) is 18.5. The molecule has 2 N–H and O–H groups in total. The predicted octanol–water partition coefficient (Wildman–Crippen LogP) is 5.89. The van der Waals surface area contributed by atoms with Gasteiger partial charge in [0.1, 0.15) is 34.9 Å². The molecule has 2 aromatic carbocycles. The number of aliphatic hydroxyl groups is 1. The van der Waals surface area contributed by atoms with E-state index in [0.29, 0.717) is 51.7 Å². The van der Waals surface area contributed by atoms with Crippen LogP contribution in [0.25, 0.3) is 21.3 Å². The number of aromatic amines is 1. The van der Waals surface area contributed by atoms with E-state index in [4.69, 9.17) is 26.1 Å². The number of rotatable bonds is 10. The highest BCUT2D eigenvalue weighted by Crippen LogP contribution is 2.36. The molecule has 0 aliphatic heterocycles. The Morgan fingerprint density at radius 1 is 1.13 bits per heavy atom. The molecular formula is C29H32ClN3O4S. The number of aliphatic hydroxyl groups excluding tert-OH is 1. The number of aromatic nitrogens is 2. The molecule has 2 heterocycles. The fraction of sp³-hybridized carbons (Fsp3) is 0.379. The summed E-state index contributed by atoms with van der Waals surface area (Å²) in [4.78, 5) is 24.1. The average Bonchev–Trinajstić information content (AvgIpc) is 3.37. The Balaban J connectivity index is 1.35. The molecule has 0 saturated heterocycles. The molecule has 9 heteroatoms. The summed E-state index contributed by atoms with van der Waals surface area (Å²) in [5, 5.41) is 14.0. The predicted molar refractivity (Wildman–Crippen MR) is 152 cm³/mol. The lowest BCUT2D eigenvalue weighted by Crippen LogP contribution is -2.43. The number of para-hydroxylation sites is 1. The van der Waals surface area contributed by atoms with Gasteiger partial charge in [0.2, 0.25) is 0 Å². The highest BCUT2D eigenvalue weighted by Gasteiger charge is 2.25. The highest BCUT2D eigenvalue weighted by molar-refractivity contribution is 7.17. The number of ether oxygens (including phenoxy) is 2. The maximum absolute atomic E-state index is 13.3. The van der Waals surface area contributed by atoms with Crippen LogP contribution in [0.4, 0.5) is 0 Å².